The molecule has 0 N–H and O–H groups in total. The first-order valence-corrected chi connectivity index (χ1v) is 14.3. The van der Waals surface area contributed by atoms with E-state index in [1.165, 1.54) is 60.4 Å². The van der Waals surface area contributed by atoms with E-state index in [-0.39, 0.29) is 5.41 Å². The number of para-hydroxylation sites is 2. The second-order valence-corrected chi connectivity index (χ2v) is 11.7. The Morgan fingerprint density at radius 3 is 2.07 bits per heavy atom. The molecule has 8 aromatic rings. The molecule has 2 aromatic heterocycles. The molecule has 0 saturated heterocycles. The minimum absolute atomic E-state index is 0.164. The fourth-order valence-corrected chi connectivity index (χ4v) is 7.40. The Bertz CT molecular complexity index is 2310. The smallest absolute Gasteiger partial charge is 0.160 e. The monoisotopic (exact) mass is 525 g/mol. The third-order valence-corrected chi connectivity index (χ3v) is 9.16. The predicted molar refractivity (Wildman–Crippen MR) is 171 cm³/mol. The minimum atomic E-state index is -0.164. The van der Waals surface area contributed by atoms with Crippen LogP contribution in [0, 0.1) is 0 Å². The van der Waals surface area contributed by atoms with Crippen LogP contribution in [0.4, 0.5) is 0 Å². The third-order valence-electron chi connectivity index (χ3n) is 9.16. The number of rotatable bonds is 2. The maximum absolute atomic E-state index is 6.84. The number of hydrogen-bond acceptors (Lipinski definition) is 1. The average Bonchev–Trinajstić information content (AvgIpc) is 3.64. The van der Waals surface area contributed by atoms with Crippen molar-refractivity contribution in [3.8, 4) is 27.9 Å². The summed E-state index contributed by atoms with van der Waals surface area (Å²) in [5.41, 5.74) is 13.0. The lowest BCUT2D eigenvalue weighted by Gasteiger charge is -2.23. The molecule has 6 aromatic carbocycles. The molecule has 1 aliphatic rings. The van der Waals surface area contributed by atoms with Gasteiger partial charge in [-0.05, 0) is 57.6 Å². The van der Waals surface area contributed by atoms with Gasteiger partial charge in [-0.15, -0.1) is 0 Å². The molecule has 2 heteroatoms. The quantitative estimate of drug-likeness (QED) is 0.219. The van der Waals surface area contributed by atoms with E-state index in [1.54, 1.807) is 0 Å². The van der Waals surface area contributed by atoms with E-state index >= 15 is 0 Å². The van der Waals surface area contributed by atoms with Crippen LogP contribution in [-0.2, 0) is 5.41 Å². The summed E-state index contributed by atoms with van der Waals surface area (Å²) >= 11 is 0. The van der Waals surface area contributed by atoms with E-state index in [1.807, 2.05) is 0 Å². The molecule has 41 heavy (non-hydrogen) atoms. The Kier molecular flexibility index (Phi) is 4.42. The van der Waals surface area contributed by atoms with E-state index in [0.29, 0.717) is 0 Å². The summed E-state index contributed by atoms with van der Waals surface area (Å²) in [5, 5.41) is 4.93. The second-order valence-electron chi connectivity index (χ2n) is 11.7. The first kappa shape index (κ1) is 22.7. The molecule has 1 aliphatic carbocycles. The van der Waals surface area contributed by atoms with Crippen molar-refractivity contribution in [2.24, 2.45) is 0 Å². The molecule has 2 nitrogen and oxygen atoms in total. The van der Waals surface area contributed by atoms with Crippen molar-refractivity contribution >= 4 is 43.7 Å². The summed E-state index contributed by atoms with van der Waals surface area (Å²) in [6, 6.07) is 45.8. The highest BCUT2D eigenvalue weighted by molar-refractivity contribution is 6.29. The number of benzene rings is 6. The van der Waals surface area contributed by atoms with E-state index < -0.39 is 0 Å². The standard InChI is InChI=1S/C39H27NO/c1-39(2)30-17-9-6-14-27(30)33-34-29-16-8-11-19-32(29)41-38(34)37-35(36(33)39)28-15-7-10-18-31(28)40(37)26-22-20-25(21-23-26)24-12-4-3-5-13-24/h3-23H,1-2H3. The van der Waals surface area contributed by atoms with Crippen molar-refractivity contribution in [2.45, 2.75) is 19.3 Å². The molecule has 0 spiro atoms. The van der Waals surface area contributed by atoms with Gasteiger partial charge in [0.25, 0.3) is 0 Å². The summed E-state index contributed by atoms with van der Waals surface area (Å²) in [6.07, 6.45) is 0. The van der Waals surface area contributed by atoms with Crippen LogP contribution < -0.4 is 0 Å². The van der Waals surface area contributed by atoms with E-state index in [4.69, 9.17) is 4.42 Å². The zero-order chi connectivity index (χ0) is 27.3. The lowest BCUT2D eigenvalue weighted by molar-refractivity contribution is 0.663. The molecule has 0 amide bonds. The van der Waals surface area contributed by atoms with E-state index in [0.717, 1.165) is 22.4 Å². The highest BCUT2D eigenvalue weighted by atomic mass is 16.3. The Hall–Kier alpha value is -5.08. The van der Waals surface area contributed by atoms with E-state index in [2.05, 4.69) is 146 Å². The fraction of sp³-hybridized carbons (Fsp3) is 0.0769. The summed E-state index contributed by atoms with van der Waals surface area (Å²) < 4.78 is 9.26. The van der Waals surface area contributed by atoms with Crippen LogP contribution in [-0.4, -0.2) is 4.57 Å². The molecule has 2 heterocycles. The Labute approximate surface area is 238 Å². The molecule has 0 bridgehead atoms. The van der Waals surface area contributed by atoms with Gasteiger partial charge in [0.15, 0.2) is 5.58 Å². The molecule has 9 rings (SSSR count). The molecule has 194 valence electrons. The van der Waals surface area contributed by atoms with Crippen LogP contribution in [0.5, 0.6) is 0 Å². The van der Waals surface area contributed by atoms with Gasteiger partial charge < -0.3 is 8.98 Å². The second kappa shape index (κ2) is 7.99. The number of hydrogen-bond donors (Lipinski definition) is 0. The van der Waals surface area contributed by atoms with Crippen molar-refractivity contribution in [2.75, 3.05) is 0 Å². The number of furan rings is 1. The van der Waals surface area contributed by atoms with Crippen molar-refractivity contribution in [3.63, 3.8) is 0 Å². The molecular weight excluding hydrogens is 498 g/mol. The SMILES string of the molecule is CC1(C)c2ccccc2-c2c1c1c3ccccc3n(-c3ccc(-c4ccccc4)cc3)c1c1oc3ccccc3c21. The van der Waals surface area contributed by atoms with Crippen LogP contribution in [0.1, 0.15) is 25.0 Å². The third kappa shape index (κ3) is 2.92. The van der Waals surface area contributed by atoms with E-state index in [9.17, 15) is 0 Å². The molecular formula is C39H27NO. The maximum atomic E-state index is 6.84. The highest BCUT2D eigenvalue weighted by Gasteiger charge is 2.41. The van der Waals surface area contributed by atoms with Crippen LogP contribution in [0.15, 0.2) is 132 Å². The summed E-state index contributed by atoms with van der Waals surface area (Å²) in [5.74, 6) is 0. The van der Waals surface area contributed by atoms with Crippen molar-refractivity contribution in [3.05, 3.63) is 139 Å². The van der Waals surface area contributed by atoms with Gasteiger partial charge in [0.05, 0.1) is 11.0 Å². The minimum Gasteiger partial charge on any atom is -0.454 e. The fourth-order valence-electron chi connectivity index (χ4n) is 7.40. The number of fused-ring (bicyclic) bond motifs is 12. The largest absolute Gasteiger partial charge is 0.454 e. The van der Waals surface area contributed by atoms with Gasteiger partial charge in [0.2, 0.25) is 0 Å². The summed E-state index contributed by atoms with van der Waals surface area (Å²) in [4.78, 5) is 0. The Morgan fingerprint density at radius 1 is 0.585 bits per heavy atom. The van der Waals surface area contributed by atoms with Gasteiger partial charge in [-0.2, -0.15) is 0 Å². The van der Waals surface area contributed by atoms with Gasteiger partial charge in [0.1, 0.15) is 5.58 Å². The Morgan fingerprint density at radius 2 is 1.24 bits per heavy atom. The lowest BCUT2D eigenvalue weighted by atomic mass is 9.80. The van der Waals surface area contributed by atoms with Crippen LogP contribution in [0.3, 0.4) is 0 Å². The predicted octanol–water partition coefficient (Wildman–Crippen LogP) is 10.7. The molecule has 0 unspecified atom stereocenters. The normalized spacial score (nSPS) is 13.8. The first-order valence-electron chi connectivity index (χ1n) is 14.3. The molecule has 0 saturated carbocycles. The van der Waals surface area contributed by atoms with Crippen LogP contribution >= 0.6 is 0 Å². The van der Waals surface area contributed by atoms with Gasteiger partial charge in [-0.1, -0.05) is 117 Å². The first-order chi connectivity index (χ1) is 20.1. The van der Waals surface area contributed by atoms with Gasteiger partial charge in [0, 0.05) is 32.6 Å². The zero-order valence-electron chi connectivity index (χ0n) is 23.0. The Balaban J connectivity index is 1.49. The molecule has 0 fully saturated rings. The highest BCUT2D eigenvalue weighted by Crippen LogP contribution is 2.57. The van der Waals surface area contributed by atoms with Crippen LogP contribution in [0.25, 0.3) is 71.7 Å². The number of aromatic nitrogens is 1. The molecule has 0 aliphatic heterocycles. The number of nitrogens with zero attached hydrogens (tertiary/aromatic N) is 1. The topological polar surface area (TPSA) is 18.1 Å². The van der Waals surface area contributed by atoms with Crippen molar-refractivity contribution in [1.29, 1.82) is 0 Å². The van der Waals surface area contributed by atoms with Gasteiger partial charge in [-0.25, -0.2) is 0 Å². The van der Waals surface area contributed by atoms with Crippen LogP contribution in [0.2, 0.25) is 0 Å². The van der Waals surface area contributed by atoms with Gasteiger partial charge in [-0.3, -0.25) is 0 Å². The molecule has 0 atom stereocenters. The van der Waals surface area contributed by atoms with Crippen molar-refractivity contribution in [1.82, 2.24) is 4.57 Å². The zero-order valence-corrected chi connectivity index (χ0v) is 23.0. The molecule has 0 radical (unpaired) electrons. The maximum Gasteiger partial charge on any atom is 0.160 e. The lowest BCUT2D eigenvalue weighted by Crippen LogP contribution is -2.15. The van der Waals surface area contributed by atoms with Gasteiger partial charge >= 0.3 is 0 Å². The summed E-state index contributed by atoms with van der Waals surface area (Å²) in [7, 11) is 0. The van der Waals surface area contributed by atoms with Crippen molar-refractivity contribution < 1.29 is 4.42 Å². The average molecular weight is 526 g/mol. The summed E-state index contributed by atoms with van der Waals surface area (Å²) in [6.45, 7) is 4.76.